The molecule has 0 radical (unpaired) electrons. The van der Waals surface area contributed by atoms with Gasteiger partial charge in [0.05, 0.1) is 5.60 Å². The summed E-state index contributed by atoms with van der Waals surface area (Å²) in [6.45, 7) is 2.29. The molecule has 1 aromatic carbocycles. The van der Waals surface area contributed by atoms with Crippen LogP contribution >= 0.6 is 0 Å². The lowest BCUT2D eigenvalue weighted by molar-refractivity contribution is -0.166. The molecule has 124 valence electrons. The first kappa shape index (κ1) is 14.3. The van der Waals surface area contributed by atoms with Crippen LogP contribution in [0.15, 0.2) is 18.2 Å². The Hall–Kier alpha value is -1.06. The highest BCUT2D eigenvalue weighted by molar-refractivity contribution is 5.48. The average molecular weight is 313 g/mol. The highest BCUT2D eigenvalue weighted by atomic mass is 16.3. The molecule has 3 atom stereocenters. The minimum atomic E-state index is -0.598. The van der Waals surface area contributed by atoms with Crippen LogP contribution in [-0.4, -0.2) is 39.8 Å². The number of piperidine rings is 1. The topological polar surface area (TPSA) is 43.7 Å². The molecule has 1 heterocycles. The molecule has 3 heteroatoms. The monoisotopic (exact) mass is 313 g/mol. The third kappa shape index (κ3) is 1.90. The van der Waals surface area contributed by atoms with E-state index < -0.39 is 5.60 Å². The van der Waals surface area contributed by atoms with E-state index in [1.165, 1.54) is 36.9 Å². The number of benzene rings is 1. The first-order chi connectivity index (χ1) is 11.1. The van der Waals surface area contributed by atoms with Crippen molar-refractivity contribution in [3.63, 3.8) is 0 Å². The van der Waals surface area contributed by atoms with E-state index in [1.807, 2.05) is 12.1 Å². The predicted molar refractivity (Wildman–Crippen MR) is 89.6 cm³/mol. The van der Waals surface area contributed by atoms with Crippen LogP contribution in [0.4, 0.5) is 0 Å². The molecule has 23 heavy (non-hydrogen) atoms. The molecular formula is C20H27NO2. The minimum absolute atomic E-state index is 0.123. The van der Waals surface area contributed by atoms with Gasteiger partial charge in [-0.2, -0.15) is 0 Å². The molecule has 3 fully saturated rings. The zero-order valence-electron chi connectivity index (χ0n) is 13.8. The Morgan fingerprint density at radius 1 is 1.13 bits per heavy atom. The molecule has 1 aliphatic heterocycles. The molecular weight excluding hydrogens is 286 g/mol. The van der Waals surface area contributed by atoms with Gasteiger partial charge in [-0.15, -0.1) is 0 Å². The summed E-state index contributed by atoms with van der Waals surface area (Å²) in [6.07, 6.45) is 9.08. The van der Waals surface area contributed by atoms with Gasteiger partial charge in [0, 0.05) is 18.0 Å². The number of phenols is 1. The van der Waals surface area contributed by atoms with E-state index in [-0.39, 0.29) is 11.5 Å². The van der Waals surface area contributed by atoms with Crippen molar-refractivity contribution in [2.24, 2.45) is 5.92 Å². The molecule has 2 bridgehead atoms. The molecule has 0 amide bonds. The SMILES string of the molecule is Oc1ccc2c(c1)[C@@]13CCCC[C@@]1(O)[C@H](C2)N(CC1CC1)CC3. The van der Waals surface area contributed by atoms with Gasteiger partial charge in [0.2, 0.25) is 0 Å². The smallest absolute Gasteiger partial charge is 0.115 e. The maximum atomic E-state index is 11.9. The lowest BCUT2D eigenvalue weighted by Crippen LogP contribution is -2.72. The van der Waals surface area contributed by atoms with Crippen molar-refractivity contribution in [1.82, 2.24) is 4.90 Å². The van der Waals surface area contributed by atoms with Crippen molar-refractivity contribution in [2.45, 2.75) is 68.4 Å². The van der Waals surface area contributed by atoms with Gasteiger partial charge >= 0.3 is 0 Å². The van der Waals surface area contributed by atoms with Gasteiger partial charge in [-0.3, -0.25) is 4.90 Å². The standard InChI is InChI=1S/C20H27NO2/c22-16-6-5-15-11-18-20(23)8-2-1-7-19(20,17(15)12-16)9-10-21(18)13-14-3-4-14/h5-6,12,14,18,22-23H,1-4,7-11,13H2/t18-,19-,20+/m0/s1. The zero-order chi connectivity index (χ0) is 15.7. The molecule has 0 aromatic heterocycles. The van der Waals surface area contributed by atoms with E-state index in [0.717, 1.165) is 44.6 Å². The van der Waals surface area contributed by atoms with Crippen LogP contribution in [0.25, 0.3) is 0 Å². The molecule has 5 rings (SSSR count). The zero-order valence-corrected chi connectivity index (χ0v) is 13.8. The molecule has 3 nitrogen and oxygen atoms in total. The van der Waals surface area contributed by atoms with E-state index in [1.54, 1.807) is 0 Å². The normalized spacial score (nSPS) is 39.6. The third-order valence-corrected chi connectivity index (χ3v) is 7.27. The number of likely N-dealkylation sites (tertiary alicyclic amines) is 1. The molecule has 0 unspecified atom stereocenters. The first-order valence-electron chi connectivity index (χ1n) is 9.41. The number of aliphatic hydroxyl groups is 1. The van der Waals surface area contributed by atoms with Gasteiger partial charge in [0.15, 0.2) is 0 Å². The van der Waals surface area contributed by atoms with Crippen molar-refractivity contribution in [1.29, 1.82) is 0 Å². The van der Waals surface area contributed by atoms with Crippen LogP contribution in [-0.2, 0) is 11.8 Å². The van der Waals surface area contributed by atoms with Gasteiger partial charge in [-0.05, 0) is 74.2 Å². The molecule has 1 saturated heterocycles. The fraction of sp³-hybridized carbons (Fsp3) is 0.700. The average Bonchev–Trinajstić information content (AvgIpc) is 3.34. The second-order valence-corrected chi connectivity index (χ2v) is 8.46. The molecule has 3 aliphatic carbocycles. The van der Waals surface area contributed by atoms with Crippen LogP contribution in [0.2, 0.25) is 0 Å². The molecule has 2 saturated carbocycles. The lowest BCUT2D eigenvalue weighted by atomic mass is 9.49. The number of fused-ring (bicyclic) bond motifs is 1. The Kier molecular flexibility index (Phi) is 2.94. The van der Waals surface area contributed by atoms with Crippen molar-refractivity contribution >= 4 is 0 Å². The fourth-order valence-electron chi connectivity index (χ4n) is 5.94. The largest absolute Gasteiger partial charge is 0.508 e. The van der Waals surface area contributed by atoms with E-state index in [0.29, 0.717) is 5.75 Å². The van der Waals surface area contributed by atoms with E-state index in [4.69, 9.17) is 0 Å². The second-order valence-electron chi connectivity index (χ2n) is 8.46. The van der Waals surface area contributed by atoms with E-state index >= 15 is 0 Å². The number of hydrogen-bond acceptors (Lipinski definition) is 3. The number of aromatic hydroxyl groups is 1. The molecule has 1 aromatic rings. The highest BCUT2D eigenvalue weighted by Crippen LogP contribution is 2.58. The maximum Gasteiger partial charge on any atom is 0.115 e. The van der Waals surface area contributed by atoms with Gasteiger partial charge in [0.1, 0.15) is 5.75 Å². The van der Waals surface area contributed by atoms with Crippen molar-refractivity contribution < 1.29 is 10.2 Å². The Morgan fingerprint density at radius 3 is 2.78 bits per heavy atom. The van der Waals surface area contributed by atoms with Crippen LogP contribution in [0.3, 0.4) is 0 Å². The minimum Gasteiger partial charge on any atom is -0.508 e. The van der Waals surface area contributed by atoms with Gasteiger partial charge < -0.3 is 10.2 Å². The summed E-state index contributed by atoms with van der Waals surface area (Å²) in [5, 5.41) is 21.9. The second kappa shape index (κ2) is 4.73. The van der Waals surface area contributed by atoms with Crippen LogP contribution < -0.4 is 0 Å². The summed E-state index contributed by atoms with van der Waals surface area (Å²) in [7, 11) is 0. The number of hydrogen-bond donors (Lipinski definition) is 2. The molecule has 0 spiro atoms. The Bertz CT molecular complexity index is 641. The Labute approximate surface area is 138 Å². The van der Waals surface area contributed by atoms with E-state index in [9.17, 15) is 10.2 Å². The van der Waals surface area contributed by atoms with Crippen molar-refractivity contribution in [3.8, 4) is 5.75 Å². The van der Waals surface area contributed by atoms with Gasteiger partial charge in [0.25, 0.3) is 0 Å². The maximum absolute atomic E-state index is 11.9. The summed E-state index contributed by atoms with van der Waals surface area (Å²) in [6, 6.07) is 6.16. The number of rotatable bonds is 2. The first-order valence-corrected chi connectivity index (χ1v) is 9.41. The summed E-state index contributed by atoms with van der Waals surface area (Å²) >= 11 is 0. The Balaban J connectivity index is 1.64. The summed E-state index contributed by atoms with van der Waals surface area (Å²) in [5.74, 6) is 1.22. The van der Waals surface area contributed by atoms with Gasteiger partial charge in [-0.25, -0.2) is 0 Å². The quantitative estimate of drug-likeness (QED) is 0.882. The van der Waals surface area contributed by atoms with Gasteiger partial charge in [-0.1, -0.05) is 18.9 Å². The number of phenolic OH excluding ortho intramolecular Hbond substituents is 1. The van der Waals surface area contributed by atoms with Crippen LogP contribution in [0, 0.1) is 5.92 Å². The van der Waals surface area contributed by atoms with E-state index in [2.05, 4.69) is 11.0 Å². The summed E-state index contributed by atoms with van der Waals surface area (Å²) in [5.41, 5.74) is 1.89. The third-order valence-electron chi connectivity index (χ3n) is 7.27. The van der Waals surface area contributed by atoms with Crippen LogP contribution in [0.1, 0.15) is 56.1 Å². The summed E-state index contributed by atoms with van der Waals surface area (Å²) < 4.78 is 0. The summed E-state index contributed by atoms with van der Waals surface area (Å²) in [4.78, 5) is 2.61. The predicted octanol–water partition coefficient (Wildman–Crippen LogP) is 2.98. The Morgan fingerprint density at radius 2 is 1.96 bits per heavy atom. The lowest BCUT2D eigenvalue weighted by Gasteiger charge is -2.64. The highest BCUT2D eigenvalue weighted by Gasteiger charge is 2.63. The molecule has 4 aliphatic rings. The molecule has 2 N–H and O–H groups in total. The van der Waals surface area contributed by atoms with Crippen molar-refractivity contribution in [3.05, 3.63) is 29.3 Å². The van der Waals surface area contributed by atoms with Crippen molar-refractivity contribution in [2.75, 3.05) is 13.1 Å². The van der Waals surface area contributed by atoms with Crippen LogP contribution in [0.5, 0.6) is 5.75 Å². The fourth-order valence-corrected chi connectivity index (χ4v) is 5.94. The number of nitrogens with zero attached hydrogens (tertiary/aromatic N) is 1.